The topological polar surface area (TPSA) is 48.1 Å². The Morgan fingerprint density at radius 3 is 2.00 bits per heavy atom. The highest BCUT2D eigenvalue weighted by molar-refractivity contribution is 5.81. The summed E-state index contributed by atoms with van der Waals surface area (Å²) >= 11 is 0. The standard InChI is InChI=1S/C27H35N5/c1-8-30(9-2)26-20(6)25(29-27(21(26)7)31(10-3)11-4)23-17-19(5)32(24(23)18-28)22-15-13-12-14-16-22/h12-17H,8-11H2,1-7H3. The Morgan fingerprint density at radius 2 is 1.47 bits per heavy atom. The summed E-state index contributed by atoms with van der Waals surface area (Å²) in [6.07, 6.45) is 0. The molecule has 1 aromatic carbocycles. The number of hydrogen-bond acceptors (Lipinski definition) is 4. The molecule has 0 atom stereocenters. The Bertz CT molecular complexity index is 1110. The summed E-state index contributed by atoms with van der Waals surface area (Å²) in [5.41, 5.74) is 8.01. The van der Waals surface area contributed by atoms with Crippen molar-refractivity contribution in [2.45, 2.75) is 48.5 Å². The van der Waals surface area contributed by atoms with Crippen molar-refractivity contribution in [3.05, 3.63) is 58.9 Å². The molecule has 32 heavy (non-hydrogen) atoms. The molecule has 3 aromatic rings. The number of hydrogen-bond donors (Lipinski definition) is 0. The third-order valence-electron chi connectivity index (χ3n) is 6.32. The molecule has 0 aliphatic heterocycles. The van der Waals surface area contributed by atoms with E-state index >= 15 is 0 Å². The van der Waals surface area contributed by atoms with Crippen molar-refractivity contribution in [1.82, 2.24) is 9.55 Å². The van der Waals surface area contributed by atoms with Gasteiger partial charge in [0.25, 0.3) is 0 Å². The minimum Gasteiger partial charge on any atom is -0.371 e. The fraction of sp³-hybridized carbons (Fsp3) is 0.407. The molecule has 0 bridgehead atoms. The second-order valence-corrected chi connectivity index (χ2v) is 8.06. The second kappa shape index (κ2) is 9.91. The summed E-state index contributed by atoms with van der Waals surface area (Å²) in [7, 11) is 0. The Morgan fingerprint density at radius 1 is 0.875 bits per heavy atom. The van der Waals surface area contributed by atoms with Crippen LogP contribution in [0.25, 0.3) is 16.9 Å². The van der Waals surface area contributed by atoms with Crippen molar-refractivity contribution in [2.24, 2.45) is 0 Å². The van der Waals surface area contributed by atoms with Crippen LogP contribution in [0.1, 0.15) is 50.2 Å². The smallest absolute Gasteiger partial charge is 0.134 e. The molecule has 2 heterocycles. The summed E-state index contributed by atoms with van der Waals surface area (Å²) in [6, 6.07) is 14.7. The summed E-state index contributed by atoms with van der Waals surface area (Å²) in [6.45, 7) is 18.7. The number of nitriles is 1. The van der Waals surface area contributed by atoms with Crippen LogP contribution < -0.4 is 9.80 Å². The van der Waals surface area contributed by atoms with Crippen molar-refractivity contribution in [2.75, 3.05) is 36.0 Å². The molecule has 0 spiro atoms. The van der Waals surface area contributed by atoms with E-state index in [1.54, 1.807) is 0 Å². The fourth-order valence-corrected chi connectivity index (χ4v) is 4.72. The zero-order valence-electron chi connectivity index (χ0n) is 20.5. The van der Waals surface area contributed by atoms with Crippen LogP contribution in [-0.4, -0.2) is 35.7 Å². The van der Waals surface area contributed by atoms with Crippen LogP contribution in [0, 0.1) is 32.1 Å². The van der Waals surface area contributed by atoms with Crippen molar-refractivity contribution >= 4 is 11.5 Å². The van der Waals surface area contributed by atoms with E-state index in [1.165, 1.54) is 11.3 Å². The highest BCUT2D eigenvalue weighted by atomic mass is 15.2. The van der Waals surface area contributed by atoms with E-state index in [1.807, 2.05) is 34.9 Å². The van der Waals surface area contributed by atoms with E-state index in [2.05, 4.69) is 70.4 Å². The van der Waals surface area contributed by atoms with Gasteiger partial charge in [-0.05, 0) is 72.2 Å². The molecular formula is C27H35N5. The highest BCUT2D eigenvalue weighted by Gasteiger charge is 2.25. The molecule has 2 aromatic heterocycles. The quantitative estimate of drug-likeness (QED) is 0.439. The van der Waals surface area contributed by atoms with Crippen molar-refractivity contribution in [3.8, 4) is 23.0 Å². The Balaban J connectivity index is 2.37. The Hall–Kier alpha value is -3.26. The third-order valence-corrected chi connectivity index (χ3v) is 6.32. The van der Waals surface area contributed by atoms with Crippen LogP contribution in [0.4, 0.5) is 11.5 Å². The zero-order chi connectivity index (χ0) is 23.4. The number of pyridine rings is 1. The van der Waals surface area contributed by atoms with Crippen LogP contribution in [0.2, 0.25) is 0 Å². The number of para-hydroxylation sites is 1. The van der Waals surface area contributed by atoms with Gasteiger partial charge in [0.05, 0.1) is 5.69 Å². The van der Waals surface area contributed by atoms with Gasteiger partial charge in [-0.3, -0.25) is 0 Å². The van der Waals surface area contributed by atoms with Gasteiger partial charge in [-0.15, -0.1) is 0 Å². The molecule has 0 saturated carbocycles. The number of rotatable bonds is 8. The maximum Gasteiger partial charge on any atom is 0.134 e. The molecule has 5 nitrogen and oxygen atoms in total. The van der Waals surface area contributed by atoms with Crippen LogP contribution in [-0.2, 0) is 0 Å². The second-order valence-electron chi connectivity index (χ2n) is 8.06. The average Bonchev–Trinajstić information content (AvgIpc) is 3.15. The molecule has 0 aliphatic rings. The lowest BCUT2D eigenvalue weighted by Crippen LogP contribution is -2.28. The van der Waals surface area contributed by atoms with E-state index in [-0.39, 0.29) is 0 Å². The molecule has 0 radical (unpaired) electrons. The lowest BCUT2D eigenvalue weighted by molar-refractivity contribution is 0.824. The molecule has 0 amide bonds. The average molecular weight is 430 g/mol. The molecule has 5 heteroatoms. The normalized spacial score (nSPS) is 10.8. The first-order valence-electron chi connectivity index (χ1n) is 11.6. The number of aromatic nitrogens is 2. The summed E-state index contributed by atoms with van der Waals surface area (Å²) in [5, 5.41) is 10.2. The third kappa shape index (κ3) is 3.98. The van der Waals surface area contributed by atoms with Gasteiger partial charge in [-0.1, -0.05) is 18.2 Å². The molecule has 0 N–H and O–H groups in total. The van der Waals surface area contributed by atoms with E-state index in [9.17, 15) is 5.26 Å². The number of benzene rings is 1. The van der Waals surface area contributed by atoms with E-state index < -0.39 is 0 Å². The van der Waals surface area contributed by atoms with Crippen molar-refractivity contribution < 1.29 is 0 Å². The van der Waals surface area contributed by atoms with Gasteiger partial charge >= 0.3 is 0 Å². The number of anilines is 2. The minimum atomic E-state index is 0.629. The van der Waals surface area contributed by atoms with Crippen molar-refractivity contribution in [3.63, 3.8) is 0 Å². The summed E-state index contributed by atoms with van der Waals surface area (Å²) in [4.78, 5) is 9.89. The van der Waals surface area contributed by atoms with Gasteiger partial charge in [0, 0.05) is 54.4 Å². The molecule has 3 rings (SSSR count). The fourth-order valence-electron chi connectivity index (χ4n) is 4.72. The van der Waals surface area contributed by atoms with Crippen LogP contribution in [0.3, 0.4) is 0 Å². The molecule has 0 saturated heterocycles. The van der Waals surface area contributed by atoms with Crippen LogP contribution in [0.5, 0.6) is 0 Å². The first-order valence-corrected chi connectivity index (χ1v) is 11.6. The highest BCUT2D eigenvalue weighted by Crippen LogP contribution is 2.39. The predicted octanol–water partition coefficient (Wildman–Crippen LogP) is 6.03. The summed E-state index contributed by atoms with van der Waals surface area (Å²) < 4.78 is 2.03. The van der Waals surface area contributed by atoms with Gasteiger partial charge < -0.3 is 14.4 Å². The predicted molar refractivity (Wildman–Crippen MR) is 135 cm³/mol. The SMILES string of the molecule is CCN(CC)c1nc(-c2cc(C)n(-c3ccccc3)c2C#N)c(C)c(N(CC)CC)c1C. The lowest BCUT2D eigenvalue weighted by atomic mass is 10.0. The molecule has 0 unspecified atom stereocenters. The molecule has 0 fully saturated rings. The van der Waals surface area contributed by atoms with E-state index in [4.69, 9.17) is 4.98 Å². The first-order chi connectivity index (χ1) is 15.4. The van der Waals surface area contributed by atoms with Gasteiger partial charge in [0.15, 0.2) is 0 Å². The zero-order valence-corrected chi connectivity index (χ0v) is 20.5. The Labute approximate surface area is 192 Å². The summed E-state index contributed by atoms with van der Waals surface area (Å²) in [5.74, 6) is 1.01. The molecule has 0 aliphatic carbocycles. The first kappa shape index (κ1) is 23.4. The number of aryl methyl sites for hydroxylation is 1. The Kier molecular flexibility index (Phi) is 7.25. The van der Waals surface area contributed by atoms with E-state index in [0.29, 0.717) is 5.69 Å². The van der Waals surface area contributed by atoms with E-state index in [0.717, 1.165) is 60.2 Å². The minimum absolute atomic E-state index is 0.629. The maximum absolute atomic E-state index is 10.2. The van der Waals surface area contributed by atoms with Crippen molar-refractivity contribution in [1.29, 1.82) is 5.26 Å². The van der Waals surface area contributed by atoms with Gasteiger partial charge in [-0.2, -0.15) is 5.26 Å². The lowest BCUT2D eigenvalue weighted by Gasteiger charge is -2.31. The van der Waals surface area contributed by atoms with Crippen LogP contribution >= 0.6 is 0 Å². The van der Waals surface area contributed by atoms with Gasteiger partial charge in [0.1, 0.15) is 17.6 Å². The number of nitrogens with zero attached hydrogens (tertiary/aromatic N) is 5. The maximum atomic E-state index is 10.2. The molecule has 168 valence electrons. The monoisotopic (exact) mass is 429 g/mol. The molecular weight excluding hydrogens is 394 g/mol. The van der Waals surface area contributed by atoms with Crippen LogP contribution in [0.15, 0.2) is 36.4 Å². The van der Waals surface area contributed by atoms with Gasteiger partial charge in [0.2, 0.25) is 0 Å². The van der Waals surface area contributed by atoms with Gasteiger partial charge in [-0.25, -0.2) is 4.98 Å². The largest absolute Gasteiger partial charge is 0.371 e.